The Balaban J connectivity index is 0.000000158. The third-order valence-corrected chi connectivity index (χ3v) is 7.02. The van der Waals surface area contributed by atoms with Crippen molar-refractivity contribution in [2.45, 2.75) is 37.8 Å². The lowest BCUT2D eigenvalue weighted by atomic mass is 9.84. The first-order valence-electron chi connectivity index (χ1n) is 12.0. The number of piperidine rings is 2. The number of halogens is 2. The van der Waals surface area contributed by atoms with Crippen LogP contribution in [0.1, 0.15) is 36.1 Å². The van der Waals surface area contributed by atoms with Crippen LogP contribution in [0.4, 0.5) is 0 Å². The molecule has 6 rings (SSSR count). The Kier molecular flexibility index (Phi) is 10.4. The van der Waals surface area contributed by atoms with Gasteiger partial charge in [-0.15, -0.1) is 20.5 Å². The van der Waals surface area contributed by atoms with Gasteiger partial charge in [0.25, 0.3) is 11.1 Å². The summed E-state index contributed by atoms with van der Waals surface area (Å²) in [6.45, 7) is 6.55. The summed E-state index contributed by atoms with van der Waals surface area (Å²) < 4.78 is 71.9. The van der Waals surface area contributed by atoms with Gasteiger partial charge in [-0.1, -0.05) is 12.1 Å². The highest BCUT2D eigenvalue weighted by atomic mass is 35.7. The van der Waals surface area contributed by atoms with Crippen LogP contribution in [0.2, 0.25) is 0 Å². The van der Waals surface area contributed by atoms with Gasteiger partial charge in [0.15, 0.2) is 0 Å². The van der Waals surface area contributed by atoms with E-state index in [1.54, 1.807) is 12.1 Å². The maximum absolute atomic E-state index is 11.6. The highest BCUT2D eigenvalue weighted by Gasteiger charge is 2.33. The van der Waals surface area contributed by atoms with E-state index in [9.17, 15) is 9.59 Å². The minimum atomic E-state index is -4.94. The molecule has 212 valence electrons. The fourth-order valence-electron chi connectivity index (χ4n) is 5.73. The highest BCUT2D eigenvalue weighted by Crippen LogP contribution is 2.30. The van der Waals surface area contributed by atoms with Crippen LogP contribution in [-0.2, 0) is 13.1 Å². The fraction of sp³-hybridized carbons (Fsp3) is 0.545. The second kappa shape index (κ2) is 13.0. The molecule has 6 heterocycles. The smallest absolute Gasteiger partial charge is 0.250 e. The second-order valence-corrected chi connectivity index (χ2v) is 11.2. The molecule has 0 aliphatic carbocycles. The Hall–Kier alpha value is -1.92. The van der Waals surface area contributed by atoms with Gasteiger partial charge in [-0.25, -0.2) is 37.3 Å². The number of hydrogen-bond acceptors (Lipinski definition) is 10. The quantitative estimate of drug-likeness (QED) is 0.297. The summed E-state index contributed by atoms with van der Waals surface area (Å²) >= 11 is 0. The standard InChI is InChI=1S/2C11H14N2O.2ClHO4/c2*14-11-3-1-2-10-9-4-8(5-12-6-9)7-13(10)11;2*2-1(3,4)5/h2*1-3,8-9,12H,4-7H2;2*(H,2,3,4,5)/t2*8-,9+;;/m00../s1. The highest BCUT2D eigenvalue weighted by molar-refractivity contribution is 5.16. The van der Waals surface area contributed by atoms with E-state index in [2.05, 4.69) is 22.8 Å². The molecule has 2 fully saturated rings. The van der Waals surface area contributed by atoms with Crippen LogP contribution in [0.5, 0.6) is 0 Å². The summed E-state index contributed by atoms with van der Waals surface area (Å²) in [6, 6.07) is 11.4. The van der Waals surface area contributed by atoms with E-state index < -0.39 is 20.5 Å². The minimum absolute atomic E-state index is 0.180. The normalized spacial score (nSPS) is 25.1. The molecule has 0 spiro atoms. The van der Waals surface area contributed by atoms with E-state index >= 15 is 0 Å². The number of hydrogen-bond donors (Lipinski definition) is 2. The van der Waals surface area contributed by atoms with Crippen molar-refractivity contribution in [2.75, 3.05) is 26.2 Å². The van der Waals surface area contributed by atoms with Gasteiger partial charge in [0, 0.05) is 60.3 Å². The number of nitrogens with two attached hydrogens (primary N) is 2. The molecule has 4 bridgehead atoms. The average Bonchev–Trinajstić information content (AvgIpc) is 2.80. The molecular weight excluding hydrogens is 551 g/mol. The Bertz CT molecular complexity index is 1080. The SMILES string of the molecule is O=c1cccc2n1C[C@@H]1C[NH2+]C[C@H]2C1.O=c1cccc2n1C[C@@H]1C[NH2+]C[C@H]2C1.[O-][Cl+3]([O-])([O-])[O-].[O-][Cl+3]([O-])([O-])[O-]. The van der Waals surface area contributed by atoms with Gasteiger partial charge >= 0.3 is 0 Å². The van der Waals surface area contributed by atoms with E-state index in [-0.39, 0.29) is 11.1 Å². The number of quaternary nitrogens is 2. The first-order chi connectivity index (χ1) is 17.7. The predicted octanol–water partition coefficient (Wildman–Crippen LogP) is -10.5. The van der Waals surface area contributed by atoms with Gasteiger partial charge < -0.3 is 19.8 Å². The molecule has 4 atom stereocenters. The third kappa shape index (κ3) is 9.68. The van der Waals surface area contributed by atoms with Crippen molar-refractivity contribution in [1.82, 2.24) is 9.13 Å². The summed E-state index contributed by atoms with van der Waals surface area (Å²) in [5.41, 5.74) is 2.87. The molecule has 4 aliphatic rings. The molecule has 38 heavy (non-hydrogen) atoms. The molecule has 0 unspecified atom stereocenters. The lowest BCUT2D eigenvalue weighted by Crippen LogP contribution is -2.89. The van der Waals surface area contributed by atoms with Gasteiger partial charge in [-0.05, 0) is 25.0 Å². The van der Waals surface area contributed by atoms with Crippen molar-refractivity contribution in [2.24, 2.45) is 11.8 Å². The van der Waals surface area contributed by atoms with Crippen molar-refractivity contribution < 1.29 is 68.4 Å². The fourth-order valence-corrected chi connectivity index (χ4v) is 5.73. The van der Waals surface area contributed by atoms with Crippen LogP contribution < -0.4 is 59.0 Å². The number of rotatable bonds is 0. The van der Waals surface area contributed by atoms with E-state index in [1.165, 1.54) is 37.3 Å². The van der Waals surface area contributed by atoms with Crippen LogP contribution >= 0.6 is 0 Å². The van der Waals surface area contributed by atoms with Crippen LogP contribution in [0.3, 0.4) is 0 Å². The maximum Gasteiger partial charge on any atom is 0.250 e. The van der Waals surface area contributed by atoms with E-state index in [0.29, 0.717) is 23.7 Å². The zero-order valence-corrected chi connectivity index (χ0v) is 21.8. The van der Waals surface area contributed by atoms with Gasteiger partial charge in [0.2, 0.25) is 0 Å². The summed E-state index contributed by atoms with van der Waals surface area (Å²) in [5, 5.41) is 4.78. The molecule has 0 aromatic carbocycles. The molecule has 2 saturated heterocycles. The Morgan fingerprint density at radius 2 is 0.947 bits per heavy atom. The van der Waals surface area contributed by atoms with Crippen molar-refractivity contribution in [1.29, 1.82) is 0 Å². The third-order valence-electron chi connectivity index (χ3n) is 7.02. The van der Waals surface area contributed by atoms with Crippen LogP contribution in [0.25, 0.3) is 0 Å². The molecule has 0 amide bonds. The van der Waals surface area contributed by atoms with E-state index in [4.69, 9.17) is 37.3 Å². The van der Waals surface area contributed by atoms with E-state index in [1.807, 2.05) is 21.3 Å². The first kappa shape index (κ1) is 30.6. The van der Waals surface area contributed by atoms with Gasteiger partial charge in [0.05, 0.1) is 26.2 Å². The van der Waals surface area contributed by atoms with Gasteiger partial charge in [0.1, 0.15) is 0 Å². The molecule has 2 aromatic heterocycles. The van der Waals surface area contributed by atoms with Crippen LogP contribution in [-0.4, -0.2) is 35.3 Å². The maximum atomic E-state index is 11.6. The zero-order chi connectivity index (χ0) is 28.1. The monoisotopic (exact) mass is 580 g/mol. The number of pyridine rings is 2. The van der Waals surface area contributed by atoms with Crippen LogP contribution in [0, 0.1) is 32.3 Å². The molecule has 4 N–H and O–H groups in total. The minimum Gasteiger partial charge on any atom is -0.345 e. The Morgan fingerprint density at radius 3 is 1.29 bits per heavy atom. The van der Waals surface area contributed by atoms with Gasteiger partial charge in [-0.2, -0.15) is 0 Å². The summed E-state index contributed by atoms with van der Waals surface area (Å²) in [6.07, 6.45) is 2.56. The first-order valence-corrected chi connectivity index (χ1v) is 14.4. The van der Waals surface area contributed by atoms with Crippen LogP contribution in [0.15, 0.2) is 46.0 Å². The Labute approximate surface area is 221 Å². The molecule has 0 saturated carbocycles. The summed E-state index contributed by atoms with van der Waals surface area (Å²) in [5.74, 6) is 2.63. The largest absolute Gasteiger partial charge is 0.345 e. The topological polar surface area (TPSA) is 262 Å². The van der Waals surface area contributed by atoms with Crippen molar-refractivity contribution in [3.05, 3.63) is 68.5 Å². The zero-order valence-electron chi connectivity index (χ0n) is 20.3. The molecule has 2 aromatic rings. The number of fused-ring (bicyclic) bond motifs is 8. The molecule has 14 nitrogen and oxygen atoms in total. The lowest BCUT2D eigenvalue weighted by Gasteiger charge is -2.35. The van der Waals surface area contributed by atoms with Crippen molar-refractivity contribution >= 4 is 0 Å². The molecular formula is C22H30Cl2N4O10. The Morgan fingerprint density at radius 1 is 0.605 bits per heavy atom. The summed E-state index contributed by atoms with van der Waals surface area (Å²) in [4.78, 5) is 23.3. The van der Waals surface area contributed by atoms with Crippen molar-refractivity contribution in [3.63, 3.8) is 0 Å². The van der Waals surface area contributed by atoms with E-state index in [0.717, 1.165) is 26.2 Å². The van der Waals surface area contributed by atoms with Gasteiger partial charge in [-0.3, -0.25) is 9.59 Å². The second-order valence-electron chi connectivity index (χ2n) is 9.67. The molecule has 16 heteroatoms. The summed E-state index contributed by atoms with van der Waals surface area (Å²) in [7, 11) is -9.89. The molecule has 4 aliphatic heterocycles. The average molecular weight is 581 g/mol. The number of aromatic nitrogens is 2. The lowest BCUT2D eigenvalue weighted by molar-refractivity contribution is -2.00. The number of nitrogens with zero attached hydrogens (tertiary/aromatic N) is 2. The predicted molar refractivity (Wildman–Crippen MR) is 106 cm³/mol. The molecule has 0 radical (unpaired) electrons. The van der Waals surface area contributed by atoms with Crippen molar-refractivity contribution in [3.8, 4) is 0 Å².